The summed E-state index contributed by atoms with van der Waals surface area (Å²) in [4.78, 5) is 80.6. The normalized spacial score (nSPS) is 13.4. The van der Waals surface area contributed by atoms with Gasteiger partial charge in [-0.25, -0.2) is 4.79 Å². The fourth-order valence-corrected chi connectivity index (χ4v) is 5.19. The van der Waals surface area contributed by atoms with Crippen molar-refractivity contribution in [2.24, 2.45) is 0 Å². The van der Waals surface area contributed by atoms with Gasteiger partial charge in [-0.1, -0.05) is 24.3 Å². The maximum absolute atomic E-state index is 14.1. The maximum Gasteiger partial charge on any atom is 0.330 e. The summed E-state index contributed by atoms with van der Waals surface area (Å²) in [5.41, 5.74) is -1.27. The minimum atomic E-state index is -1.23. The van der Waals surface area contributed by atoms with Crippen LogP contribution in [0.4, 0.5) is 4.39 Å². The van der Waals surface area contributed by atoms with Gasteiger partial charge >= 0.3 is 5.69 Å². The quantitative estimate of drug-likeness (QED) is 0.237. The summed E-state index contributed by atoms with van der Waals surface area (Å²) >= 11 is 0. The van der Waals surface area contributed by atoms with Gasteiger partial charge in [0.2, 0.25) is 5.82 Å². The Bertz CT molecular complexity index is 1650. The summed E-state index contributed by atoms with van der Waals surface area (Å²) in [5, 5.41) is 2.68. The zero-order valence-corrected chi connectivity index (χ0v) is 24.8. The summed E-state index contributed by atoms with van der Waals surface area (Å²) in [6.45, 7) is 7.15. The fraction of sp³-hybridized carbons (Fsp3) is 0.355. The van der Waals surface area contributed by atoms with Gasteiger partial charge in [0.15, 0.2) is 0 Å². The monoisotopic (exact) mass is 607 g/mol. The van der Waals surface area contributed by atoms with Gasteiger partial charge in [-0.05, 0) is 52.0 Å². The minimum absolute atomic E-state index is 0.0659. The summed E-state index contributed by atoms with van der Waals surface area (Å²) in [6, 6.07) is 12.6. The van der Waals surface area contributed by atoms with Gasteiger partial charge in [-0.2, -0.15) is 4.39 Å². The van der Waals surface area contributed by atoms with E-state index in [1.54, 1.807) is 35.2 Å². The molecule has 0 radical (unpaired) electrons. The average Bonchev–Trinajstić information content (AvgIpc) is 3.23. The number of fused-ring (bicyclic) bond motifs is 1. The number of ether oxygens (including phenoxy) is 1. The molecule has 3 aromatic rings. The second-order valence-electron chi connectivity index (χ2n) is 10.8. The topological polar surface area (TPSA) is 151 Å². The molecule has 1 aromatic heterocycles. The number of rotatable bonds is 12. The van der Waals surface area contributed by atoms with E-state index in [-0.39, 0.29) is 66.4 Å². The van der Waals surface area contributed by atoms with Crippen molar-refractivity contribution in [2.45, 2.75) is 52.4 Å². The SMILES string of the molecule is CC(C)N(C(=O)c1ccccc1C(=O)NCCOC(CCN1C(=O)c2ccccc2C1=O)n1cc(F)c(=O)[nH]c1=O)C(C)C. The maximum atomic E-state index is 14.1. The standard InChI is InChI=1S/C31H34FN5O7/c1-18(2)37(19(3)4)30(42)21-10-6-5-9-20(21)26(38)33-14-16-44-25(36-17-24(32)27(39)34-31(36)43)13-15-35-28(40)22-11-7-8-12-23(22)29(35)41/h5-12,17-19,25H,13-16H2,1-4H3,(H,33,38)(H,34,39,43). The number of halogens is 1. The van der Waals surface area contributed by atoms with Crippen LogP contribution in [0.1, 0.15) is 81.8 Å². The van der Waals surface area contributed by atoms with Crippen molar-refractivity contribution >= 4 is 23.6 Å². The van der Waals surface area contributed by atoms with Crippen LogP contribution in [-0.4, -0.2) is 74.8 Å². The molecule has 44 heavy (non-hydrogen) atoms. The van der Waals surface area contributed by atoms with E-state index in [1.807, 2.05) is 32.7 Å². The first-order valence-electron chi connectivity index (χ1n) is 14.2. The van der Waals surface area contributed by atoms with Gasteiger partial charge in [-0.15, -0.1) is 0 Å². The Morgan fingerprint density at radius 1 is 0.909 bits per heavy atom. The Kier molecular flexibility index (Phi) is 9.89. The average molecular weight is 608 g/mol. The van der Waals surface area contributed by atoms with E-state index in [0.717, 1.165) is 9.47 Å². The van der Waals surface area contributed by atoms with Crippen LogP contribution in [0.5, 0.6) is 0 Å². The molecule has 1 aliphatic heterocycles. The molecule has 2 aromatic carbocycles. The highest BCUT2D eigenvalue weighted by Gasteiger charge is 2.35. The summed E-state index contributed by atoms with van der Waals surface area (Å²) in [6.07, 6.45) is -0.652. The van der Waals surface area contributed by atoms with Gasteiger partial charge < -0.3 is 15.0 Å². The van der Waals surface area contributed by atoms with Crippen LogP contribution >= 0.6 is 0 Å². The number of benzene rings is 2. The Labute approximate surface area is 252 Å². The third kappa shape index (κ3) is 6.67. The van der Waals surface area contributed by atoms with Gasteiger partial charge in [0.25, 0.3) is 29.2 Å². The van der Waals surface area contributed by atoms with Crippen LogP contribution in [0.3, 0.4) is 0 Å². The number of nitrogens with zero attached hydrogens (tertiary/aromatic N) is 3. The van der Waals surface area contributed by atoms with Crippen molar-refractivity contribution in [1.82, 2.24) is 24.7 Å². The summed E-state index contributed by atoms with van der Waals surface area (Å²) in [7, 11) is 0. The van der Waals surface area contributed by atoms with Crippen LogP contribution in [0, 0.1) is 5.82 Å². The van der Waals surface area contributed by atoms with Crippen LogP contribution < -0.4 is 16.6 Å². The van der Waals surface area contributed by atoms with E-state index >= 15 is 0 Å². The fourth-order valence-electron chi connectivity index (χ4n) is 5.19. The van der Waals surface area contributed by atoms with E-state index in [2.05, 4.69) is 5.32 Å². The number of carbonyl (C=O) groups excluding carboxylic acids is 4. The predicted octanol–water partition coefficient (Wildman–Crippen LogP) is 2.57. The molecule has 0 saturated carbocycles. The number of nitrogens with one attached hydrogen (secondary N) is 2. The number of aromatic amines is 1. The number of hydrogen-bond acceptors (Lipinski definition) is 7. The number of H-pyrrole nitrogens is 1. The van der Waals surface area contributed by atoms with Crippen LogP contribution in [-0.2, 0) is 4.74 Å². The molecule has 0 aliphatic carbocycles. The lowest BCUT2D eigenvalue weighted by atomic mass is 10.0. The van der Waals surface area contributed by atoms with Crippen LogP contribution in [0.25, 0.3) is 0 Å². The lowest BCUT2D eigenvalue weighted by Crippen LogP contribution is -2.43. The number of imide groups is 1. The first-order chi connectivity index (χ1) is 20.9. The lowest BCUT2D eigenvalue weighted by Gasteiger charge is -2.31. The second kappa shape index (κ2) is 13.6. The van der Waals surface area contributed by atoms with Crippen molar-refractivity contribution in [2.75, 3.05) is 19.7 Å². The van der Waals surface area contributed by atoms with Crippen molar-refractivity contribution in [3.05, 3.63) is 104 Å². The molecule has 1 atom stereocenters. The highest BCUT2D eigenvalue weighted by atomic mass is 19.1. The number of hydrogen-bond donors (Lipinski definition) is 2. The molecule has 0 saturated heterocycles. The summed E-state index contributed by atoms with van der Waals surface area (Å²) in [5.74, 6) is -3.08. The van der Waals surface area contributed by atoms with Gasteiger partial charge in [0.05, 0.1) is 35.1 Å². The minimum Gasteiger partial charge on any atom is -0.356 e. The van der Waals surface area contributed by atoms with E-state index in [4.69, 9.17) is 4.74 Å². The van der Waals surface area contributed by atoms with E-state index in [1.165, 1.54) is 18.2 Å². The Morgan fingerprint density at radius 3 is 2.07 bits per heavy atom. The predicted molar refractivity (Wildman–Crippen MR) is 158 cm³/mol. The molecule has 13 heteroatoms. The molecule has 4 amide bonds. The Hall–Kier alpha value is -4.91. The molecule has 0 spiro atoms. The first kappa shape index (κ1) is 32.0. The molecular formula is C31H34FN5O7. The largest absolute Gasteiger partial charge is 0.356 e. The van der Waals surface area contributed by atoms with E-state index < -0.39 is 41.0 Å². The van der Waals surface area contributed by atoms with Crippen molar-refractivity contribution in [1.29, 1.82) is 0 Å². The molecule has 1 aliphatic rings. The molecule has 0 fully saturated rings. The lowest BCUT2D eigenvalue weighted by molar-refractivity contribution is -0.00948. The highest BCUT2D eigenvalue weighted by molar-refractivity contribution is 6.21. The molecule has 12 nitrogen and oxygen atoms in total. The number of carbonyl (C=O) groups is 4. The third-order valence-electron chi connectivity index (χ3n) is 7.16. The van der Waals surface area contributed by atoms with Crippen molar-refractivity contribution in [3.8, 4) is 0 Å². The number of aromatic nitrogens is 2. The van der Waals surface area contributed by atoms with Crippen molar-refractivity contribution < 1.29 is 28.3 Å². The van der Waals surface area contributed by atoms with Gasteiger partial charge in [-0.3, -0.25) is 38.4 Å². The molecule has 232 valence electrons. The van der Waals surface area contributed by atoms with E-state index in [9.17, 15) is 33.2 Å². The second-order valence-corrected chi connectivity index (χ2v) is 10.8. The van der Waals surface area contributed by atoms with Crippen LogP contribution in [0.2, 0.25) is 0 Å². The number of amides is 4. The third-order valence-corrected chi connectivity index (χ3v) is 7.16. The van der Waals surface area contributed by atoms with Gasteiger partial charge in [0, 0.05) is 31.6 Å². The Balaban J connectivity index is 1.46. The zero-order valence-electron chi connectivity index (χ0n) is 24.8. The molecule has 2 N–H and O–H groups in total. The van der Waals surface area contributed by atoms with Crippen LogP contribution in [0.15, 0.2) is 64.3 Å². The van der Waals surface area contributed by atoms with Crippen molar-refractivity contribution in [3.63, 3.8) is 0 Å². The molecule has 0 bridgehead atoms. The van der Waals surface area contributed by atoms with E-state index in [0.29, 0.717) is 6.20 Å². The first-order valence-corrected chi connectivity index (χ1v) is 14.2. The molecule has 2 heterocycles. The molecule has 4 rings (SSSR count). The Morgan fingerprint density at radius 2 is 1.48 bits per heavy atom. The highest BCUT2D eigenvalue weighted by Crippen LogP contribution is 2.24. The molecule has 1 unspecified atom stereocenters. The summed E-state index contributed by atoms with van der Waals surface area (Å²) < 4.78 is 20.8. The molecular weight excluding hydrogens is 573 g/mol. The zero-order chi connectivity index (χ0) is 32.1. The van der Waals surface area contributed by atoms with Gasteiger partial charge in [0.1, 0.15) is 6.23 Å². The smallest absolute Gasteiger partial charge is 0.330 e.